The second-order valence-corrected chi connectivity index (χ2v) is 17.5. The summed E-state index contributed by atoms with van der Waals surface area (Å²) in [5, 5.41) is 5.05. The van der Waals surface area contributed by atoms with Crippen molar-refractivity contribution in [2.45, 2.75) is 6.92 Å². The Morgan fingerprint density at radius 3 is 1.61 bits per heavy atom. The van der Waals surface area contributed by atoms with Crippen LogP contribution >= 0.6 is 11.3 Å². The van der Waals surface area contributed by atoms with Crippen molar-refractivity contribution in [1.29, 1.82) is 0 Å². The molecule has 0 bridgehead atoms. The lowest BCUT2D eigenvalue weighted by Gasteiger charge is -2.31. The van der Waals surface area contributed by atoms with Gasteiger partial charge in [-0.3, -0.25) is 0 Å². The maximum absolute atomic E-state index is 2.51. The number of anilines is 3. The van der Waals surface area contributed by atoms with Gasteiger partial charge in [0, 0.05) is 53.6 Å². The summed E-state index contributed by atoms with van der Waals surface area (Å²) in [5.74, 6) is 0. The minimum atomic E-state index is 1.09. The van der Waals surface area contributed by atoms with E-state index in [9.17, 15) is 0 Å². The minimum absolute atomic E-state index is 1.09. The molecule has 2 nitrogen and oxygen atoms in total. The van der Waals surface area contributed by atoms with Crippen molar-refractivity contribution in [2.75, 3.05) is 4.90 Å². The van der Waals surface area contributed by atoms with Gasteiger partial charge in [-0.1, -0.05) is 182 Å². The number of hydrogen-bond acceptors (Lipinski definition) is 2. The van der Waals surface area contributed by atoms with Gasteiger partial charge in [0.25, 0.3) is 0 Å². The highest BCUT2D eigenvalue weighted by molar-refractivity contribution is 7.26. The average Bonchev–Trinajstić information content (AvgIpc) is 3.91. The Morgan fingerprint density at radius 2 is 0.922 bits per heavy atom. The van der Waals surface area contributed by atoms with Crippen molar-refractivity contribution in [3.8, 4) is 50.2 Å². The topological polar surface area (TPSA) is 8.17 Å². The molecule has 0 aliphatic heterocycles. The van der Waals surface area contributed by atoms with Crippen LogP contribution in [0.25, 0.3) is 92.2 Å². The van der Waals surface area contributed by atoms with Crippen LogP contribution in [0.4, 0.5) is 17.1 Å². The van der Waals surface area contributed by atoms with E-state index in [4.69, 9.17) is 0 Å². The second kappa shape index (κ2) is 15.7. The van der Waals surface area contributed by atoms with Crippen molar-refractivity contribution in [1.82, 2.24) is 4.57 Å². The molecule has 302 valence electrons. The van der Waals surface area contributed by atoms with E-state index in [0.29, 0.717) is 0 Å². The van der Waals surface area contributed by atoms with Crippen LogP contribution in [-0.2, 0) is 0 Å². The molecular formula is C61H42N2S. The first-order valence-corrected chi connectivity index (χ1v) is 22.7. The zero-order valence-electron chi connectivity index (χ0n) is 35.3. The largest absolute Gasteiger partial charge is 0.310 e. The molecule has 0 aliphatic carbocycles. The number of fused-ring (bicyclic) bond motifs is 6. The zero-order valence-corrected chi connectivity index (χ0v) is 36.1. The highest BCUT2D eigenvalue weighted by atomic mass is 32.1. The molecule has 0 atom stereocenters. The molecule has 0 spiro atoms. The first kappa shape index (κ1) is 37.8. The lowest BCUT2D eigenvalue weighted by Crippen LogP contribution is -2.13. The Hall–Kier alpha value is -7.98. The lowest BCUT2D eigenvalue weighted by molar-refractivity contribution is 1.18. The summed E-state index contributed by atoms with van der Waals surface area (Å²) in [4.78, 5) is 2.51. The molecule has 2 heterocycles. The smallest absolute Gasteiger partial charge is 0.0554 e. The number of thiophene rings is 1. The van der Waals surface area contributed by atoms with Gasteiger partial charge in [0.2, 0.25) is 0 Å². The van der Waals surface area contributed by atoms with Gasteiger partial charge in [-0.15, -0.1) is 11.3 Å². The van der Waals surface area contributed by atoms with Crippen LogP contribution in [0.3, 0.4) is 0 Å². The van der Waals surface area contributed by atoms with Crippen molar-refractivity contribution in [3.05, 3.63) is 242 Å². The third kappa shape index (κ3) is 6.32. The molecule has 0 N–H and O–H groups in total. The summed E-state index contributed by atoms with van der Waals surface area (Å²) in [6.07, 6.45) is 0. The summed E-state index contributed by atoms with van der Waals surface area (Å²) >= 11 is 1.88. The second-order valence-electron chi connectivity index (χ2n) is 16.5. The van der Waals surface area contributed by atoms with Gasteiger partial charge in [-0.25, -0.2) is 0 Å². The molecule has 10 aromatic carbocycles. The van der Waals surface area contributed by atoms with E-state index in [1.54, 1.807) is 0 Å². The van der Waals surface area contributed by atoms with E-state index in [0.717, 1.165) is 22.7 Å². The monoisotopic (exact) mass is 834 g/mol. The zero-order chi connectivity index (χ0) is 42.6. The molecule has 12 rings (SSSR count). The predicted octanol–water partition coefficient (Wildman–Crippen LogP) is 17.6. The summed E-state index contributed by atoms with van der Waals surface area (Å²) < 4.78 is 4.98. The van der Waals surface area contributed by atoms with Crippen molar-refractivity contribution in [3.63, 3.8) is 0 Å². The van der Waals surface area contributed by atoms with Gasteiger partial charge in [0.05, 0.1) is 16.7 Å². The van der Waals surface area contributed by atoms with Crippen molar-refractivity contribution in [2.24, 2.45) is 0 Å². The van der Waals surface area contributed by atoms with E-state index in [1.807, 2.05) is 11.3 Å². The molecular weight excluding hydrogens is 793 g/mol. The Bertz CT molecular complexity index is 3610. The minimum Gasteiger partial charge on any atom is -0.310 e. The van der Waals surface area contributed by atoms with Gasteiger partial charge in [0.1, 0.15) is 0 Å². The van der Waals surface area contributed by atoms with E-state index in [2.05, 4.69) is 253 Å². The molecule has 3 heteroatoms. The number of benzene rings is 10. The van der Waals surface area contributed by atoms with E-state index in [-0.39, 0.29) is 0 Å². The maximum atomic E-state index is 2.51. The molecule has 2 aromatic heterocycles. The summed E-state index contributed by atoms with van der Waals surface area (Å²) in [6.45, 7) is 2.30. The van der Waals surface area contributed by atoms with Crippen molar-refractivity contribution >= 4 is 70.4 Å². The molecule has 12 aromatic rings. The standard InChI is InChI=1S/C61H42N2S/c1-41-54(38-36-49(44-20-7-3-8-21-44)59(41)45-22-9-4-10-23-45)62(47-34-32-43(33-35-47)42-18-5-2-6-19-42)57-39-37-53-52-28-13-16-31-58(52)64-61(53)60(57)46-24-17-25-48(40-46)63-55-29-14-11-26-50(55)51-27-12-15-30-56(51)63/h2-40H,1H3. The molecule has 0 radical (unpaired) electrons. The van der Waals surface area contributed by atoms with E-state index >= 15 is 0 Å². The van der Waals surface area contributed by atoms with Crippen LogP contribution in [0.5, 0.6) is 0 Å². The van der Waals surface area contributed by atoms with Gasteiger partial charge in [0.15, 0.2) is 0 Å². The predicted molar refractivity (Wildman–Crippen MR) is 275 cm³/mol. The van der Waals surface area contributed by atoms with Crippen LogP contribution < -0.4 is 4.90 Å². The molecule has 0 saturated heterocycles. The highest BCUT2D eigenvalue weighted by Gasteiger charge is 2.25. The first-order valence-electron chi connectivity index (χ1n) is 21.9. The third-order valence-corrected chi connectivity index (χ3v) is 14.0. The van der Waals surface area contributed by atoms with Gasteiger partial charge < -0.3 is 9.47 Å². The molecule has 0 saturated carbocycles. The fourth-order valence-electron chi connectivity index (χ4n) is 9.86. The van der Waals surface area contributed by atoms with Crippen LogP contribution in [0, 0.1) is 6.92 Å². The molecule has 0 amide bonds. The third-order valence-electron chi connectivity index (χ3n) is 12.8. The van der Waals surface area contributed by atoms with E-state index in [1.165, 1.54) is 92.0 Å². The Kier molecular flexibility index (Phi) is 9.28. The lowest BCUT2D eigenvalue weighted by atomic mass is 9.89. The molecule has 0 fully saturated rings. The summed E-state index contributed by atoms with van der Waals surface area (Å²) in [7, 11) is 0. The normalized spacial score (nSPS) is 11.5. The van der Waals surface area contributed by atoms with Crippen molar-refractivity contribution < 1.29 is 0 Å². The fourth-order valence-corrected chi connectivity index (χ4v) is 11.1. The number of rotatable bonds is 8. The first-order chi connectivity index (χ1) is 31.7. The van der Waals surface area contributed by atoms with Gasteiger partial charge >= 0.3 is 0 Å². The number of para-hydroxylation sites is 2. The SMILES string of the molecule is Cc1c(N(c2ccc(-c3ccccc3)cc2)c2ccc3c(sc4ccccc43)c2-c2cccc(-n3c4ccccc4c4ccccc43)c2)ccc(-c2ccccc2)c1-c1ccccc1. The summed E-state index contributed by atoms with van der Waals surface area (Å²) in [6, 6.07) is 86.4. The van der Waals surface area contributed by atoms with Crippen LogP contribution in [-0.4, -0.2) is 4.57 Å². The van der Waals surface area contributed by atoms with Gasteiger partial charge in [-0.05, 0) is 106 Å². The van der Waals surface area contributed by atoms with E-state index < -0.39 is 0 Å². The maximum Gasteiger partial charge on any atom is 0.0554 e. The quantitative estimate of drug-likeness (QED) is 0.148. The summed E-state index contributed by atoms with van der Waals surface area (Å²) in [5.41, 5.74) is 17.7. The van der Waals surface area contributed by atoms with Crippen LogP contribution in [0.2, 0.25) is 0 Å². The fraction of sp³-hybridized carbons (Fsp3) is 0.0164. The Labute approximate surface area is 377 Å². The Morgan fingerprint density at radius 1 is 0.375 bits per heavy atom. The highest BCUT2D eigenvalue weighted by Crippen LogP contribution is 2.51. The number of hydrogen-bond donors (Lipinski definition) is 0. The van der Waals surface area contributed by atoms with Crippen LogP contribution in [0.15, 0.2) is 237 Å². The molecule has 0 aliphatic rings. The molecule has 64 heavy (non-hydrogen) atoms. The van der Waals surface area contributed by atoms with Crippen LogP contribution in [0.1, 0.15) is 5.56 Å². The molecule has 0 unspecified atom stereocenters. The Balaban J connectivity index is 1.15. The number of nitrogens with zero attached hydrogens (tertiary/aromatic N) is 2. The van der Waals surface area contributed by atoms with Gasteiger partial charge in [-0.2, -0.15) is 0 Å². The average molecular weight is 835 g/mol. The number of aromatic nitrogens is 1.